The molecule has 0 spiro atoms. The van der Waals surface area contributed by atoms with Gasteiger partial charge in [-0.1, -0.05) is 32.6 Å². The number of likely N-dealkylation sites (tertiary alicyclic amines) is 1. The molecule has 2 rings (SSSR count). The first-order chi connectivity index (χ1) is 8.88. The van der Waals surface area contributed by atoms with Crippen LogP contribution in [-0.2, 0) is 0 Å². The smallest absolute Gasteiger partial charge is 0.00683 e. The Morgan fingerprint density at radius 1 is 1.06 bits per heavy atom. The van der Waals surface area contributed by atoms with Gasteiger partial charge >= 0.3 is 0 Å². The Hall–Kier alpha value is -0.0800. The first kappa shape index (κ1) is 14.3. The van der Waals surface area contributed by atoms with Crippen molar-refractivity contribution in [2.45, 2.75) is 70.8 Å². The molecule has 1 heterocycles. The second-order valence-electron chi connectivity index (χ2n) is 6.41. The average Bonchev–Trinajstić information content (AvgIpc) is 3.21. The molecule has 2 heteroatoms. The topological polar surface area (TPSA) is 15.3 Å². The summed E-state index contributed by atoms with van der Waals surface area (Å²) in [6.07, 6.45) is 12.8. The van der Waals surface area contributed by atoms with Crippen molar-refractivity contribution in [1.82, 2.24) is 10.2 Å². The van der Waals surface area contributed by atoms with Gasteiger partial charge < -0.3 is 10.2 Å². The molecule has 1 N–H and O–H groups in total. The minimum Gasteiger partial charge on any atom is -0.314 e. The van der Waals surface area contributed by atoms with E-state index in [0.29, 0.717) is 0 Å². The molecular weight excluding hydrogens is 220 g/mol. The van der Waals surface area contributed by atoms with Crippen LogP contribution in [0.1, 0.15) is 64.7 Å². The van der Waals surface area contributed by atoms with E-state index in [2.05, 4.69) is 17.1 Å². The Kier molecular flexibility index (Phi) is 6.50. The van der Waals surface area contributed by atoms with Gasteiger partial charge in [0.1, 0.15) is 0 Å². The molecule has 1 aliphatic heterocycles. The summed E-state index contributed by atoms with van der Waals surface area (Å²) in [4.78, 5) is 2.72. The lowest BCUT2D eigenvalue weighted by molar-refractivity contribution is 0.169. The van der Waals surface area contributed by atoms with Gasteiger partial charge in [-0.25, -0.2) is 0 Å². The number of hydrogen-bond donors (Lipinski definition) is 1. The standard InChI is InChI=1S/C16H32N2/c1-2-3-4-5-6-11-18-12-7-8-15(14-18)13-17-16-9-10-16/h15-17H,2-14H2,1H3. The van der Waals surface area contributed by atoms with Crippen molar-refractivity contribution in [1.29, 1.82) is 0 Å². The quantitative estimate of drug-likeness (QED) is 0.633. The highest BCUT2D eigenvalue weighted by Gasteiger charge is 2.24. The van der Waals surface area contributed by atoms with Crippen LogP contribution in [0.5, 0.6) is 0 Å². The fourth-order valence-electron chi connectivity index (χ4n) is 3.08. The second kappa shape index (κ2) is 8.16. The normalized spacial score (nSPS) is 25.5. The van der Waals surface area contributed by atoms with Crippen molar-refractivity contribution >= 4 is 0 Å². The van der Waals surface area contributed by atoms with Gasteiger partial charge in [0, 0.05) is 12.6 Å². The van der Waals surface area contributed by atoms with Gasteiger partial charge in [0.05, 0.1) is 0 Å². The van der Waals surface area contributed by atoms with Gasteiger partial charge in [0.25, 0.3) is 0 Å². The molecule has 2 nitrogen and oxygen atoms in total. The molecule has 0 aromatic carbocycles. The molecule has 2 fully saturated rings. The Morgan fingerprint density at radius 2 is 1.89 bits per heavy atom. The molecule has 0 amide bonds. The van der Waals surface area contributed by atoms with Gasteiger partial charge in [0.2, 0.25) is 0 Å². The van der Waals surface area contributed by atoms with Gasteiger partial charge in [-0.3, -0.25) is 0 Å². The fraction of sp³-hybridized carbons (Fsp3) is 1.00. The summed E-state index contributed by atoms with van der Waals surface area (Å²) in [6, 6.07) is 0.884. The first-order valence-electron chi connectivity index (χ1n) is 8.34. The summed E-state index contributed by atoms with van der Waals surface area (Å²) in [7, 11) is 0. The van der Waals surface area contributed by atoms with E-state index >= 15 is 0 Å². The van der Waals surface area contributed by atoms with Crippen molar-refractivity contribution in [3.63, 3.8) is 0 Å². The summed E-state index contributed by atoms with van der Waals surface area (Å²) < 4.78 is 0. The Bertz CT molecular complexity index is 213. The lowest BCUT2D eigenvalue weighted by atomic mass is 9.97. The largest absolute Gasteiger partial charge is 0.314 e. The van der Waals surface area contributed by atoms with E-state index in [0.717, 1.165) is 12.0 Å². The number of hydrogen-bond acceptors (Lipinski definition) is 2. The molecule has 18 heavy (non-hydrogen) atoms. The van der Waals surface area contributed by atoms with E-state index in [4.69, 9.17) is 0 Å². The van der Waals surface area contributed by atoms with Crippen molar-refractivity contribution in [2.75, 3.05) is 26.2 Å². The third-order valence-electron chi connectivity index (χ3n) is 4.45. The first-order valence-corrected chi connectivity index (χ1v) is 8.34. The van der Waals surface area contributed by atoms with Crippen LogP contribution < -0.4 is 5.32 Å². The molecule has 0 radical (unpaired) electrons. The maximum Gasteiger partial charge on any atom is 0.00683 e. The third kappa shape index (κ3) is 5.71. The lowest BCUT2D eigenvalue weighted by Gasteiger charge is -2.33. The van der Waals surface area contributed by atoms with Gasteiger partial charge in [-0.05, 0) is 57.7 Å². The monoisotopic (exact) mass is 252 g/mol. The molecular formula is C16H32N2. The number of nitrogens with one attached hydrogen (secondary N) is 1. The molecule has 0 bridgehead atoms. The number of unbranched alkanes of at least 4 members (excludes halogenated alkanes) is 4. The minimum atomic E-state index is 0.884. The highest BCUT2D eigenvalue weighted by molar-refractivity contribution is 4.83. The third-order valence-corrected chi connectivity index (χ3v) is 4.45. The number of piperidine rings is 1. The van der Waals surface area contributed by atoms with E-state index in [1.807, 2.05) is 0 Å². The number of nitrogens with zero attached hydrogens (tertiary/aromatic N) is 1. The van der Waals surface area contributed by atoms with Crippen molar-refractivity contribution in [2.24, 2.45) is 5.92 Å². The van der Waals surface area contributed by atoms with Gasteiger partial charge in [0.15, 0.2) is 0 Å². The Morgan fingerprint density at radius 3 is 2.67 bits per heavy atom. The van der Waals surface area contributed by atoms with E-state index in [1.54, 1.807) is 0 Å². The summed E-state index contributed by atoms with van der Waals surface area (Å²) >= 11 is 0. The molecule has 0 aromatic heterocycles. The van der Waals surface area contributed by atoms with E-state index in [1.165, 1.54) is 84.0 Å². The van der Waals surface area contributed by atoms with Crippen LogP contribution in [0.3, 0.4) is 0 Å². The van der Waals surface area contributed by atoms with Crippen LogP contribution in [-0.4, -0.2) is 37.1 Å². The van der Waals surface area contributed by atoms with Crippen LogP contribution in [0.4, 0.5) is 0 Å². The SMILES string of the molecule is CCCCCCCN1CCCC(CNC2CC2)C1. The van der Waals surface area contributed by atoms with Crippen LogP contribution >= 0.6 is 0 Å². The fourth-order valence-corrected chi connectivity index (χ4v) is 3.08. The molecule has 1 aliphatic carbocycles. The molecule has 1 saturated carbocycles. The van der Waals surface area contributed by atoms with Crippen molar-refractivity contribution in [3.05, 3.63) is 0 Å². The highest BCUT2D eigenvalue weighted by atomic mass is 15.1. The van der Waals surface area contributed by atoms with E-state index in [-0.39, 0.29) is 0 Å². The van der Waals surface area contributed by atoms with Crippen molar-refractivity contribution in [3.8, 4) is 0 Å². The van der Waals surface area contributed by atoms with Crippen LogP contribution in [0.25, 0.3) is 0 Å². The van der Waals surface area contributed by atoms with E-state index in [9.17, 15) is 0 Å². The molecule has 106 valence electrons. The molecule has 1 unspecified atom stereocenters. The molecule has 1 saturated heterocycles. The lowest BCUT2D eigenvalue weighted by Crippen LogP contribution is -2.40. The van der Waals surface area contributed by atoms with Gasteiger partial charge in [-0.2, -0.15) is 0 Å². The molecule has 2 aliphatic rings. The molecule has 1 atom stereocenters. The highest BCUT2D eigenvalue weighted by Crippen LogP contribution is 2.21. The van der Waals surface area contributed by atoms with E-state index < -0.39 is 0 Å². The zero-order valence-electron chi connectivity index (χ0n) is 12.3. The van der Waals surface area contributed by atoms with Crippen LogP contribution in [0.15, 0.2) is 0 Å². The number of rotatable bonds is 9. The zero-order valence-corrected chi connectivity index (χ0v) is 12.3. The minimum absolute atomic E-state index is 0.884. The average molecular weight is 252 g/mol. The van der Waals surface area contributed by atoms with Crippen LogP contribution in [0, 0.1) is 5.92 Å². The summed E-state index contributed by atoms with van der Waals surface area (Å²) in [6.45, 7) is 7.63. The molecule has 0 aromatic rings. The van der Waals surface area contributed by atoms with Crippen molar-refractivity contribution < 1.29 is 0 Å². The predicted octanol–water partition coefficient (Wildman–Crippen LogP) is 3.42. The summed E-state index contributed by atoms with van der Waals surface area (Å²) in [5, 5.41) is 3.70. The van der Waals surface area contributed by atoms with Gasteiger partial charge in [-0.15, -0.1) is 0 Å². The maximum absolute atomic E-state index is 3.70. The Labute approximate surface area is 114 Å². The zero-order chi connectivity index (χ0) is 12.6. The second-order valence-corrected chi connectivity index (χ2v) is 6.41. The van der Waals surface area contributed by atoms with Crippen LogP contribution in [0.2, 0.25) is 0 Å². The maximum atomic E-state index is 3.70. The Balaban J connectivity index is 1.51. The summed E-state index contributed by atoms with van der Waals surface area (Å²) in [5.74, 6) is 0.926. The predicted molar refractivity (Wildman–Crippen MR) is 78.9 cm³/mol. The summed E-state index contributed by atoms with van der Waals surface area (Å²) in [5.41, 5.74) is 0.